The van der Waals surface area contributed by atoms with Crippen LogP contribution in [0.4, 0.5) is 0 Å². The van der Waals surface area contributed by atoms with Gasteiger partial charge in [0.05, 0.1) is 0 Å². The molecule has 0 spiro atoms. The summed E-state index contributed by atoms with van der Waals surface area (Å²) in [5, 5.41) is 8.36. The minimum atomic E-state index is -1.18. The highest BCUT2D eigenvalue weighted by atomic mass is 16.5. The van der Waals surface area contributed by atoms with E-state index in [0.717, 1.165) is 18.6 Å². The van der Waals surface area contributed by atoms with Crippen molar-refractivity contribution >= 4 is 11.9 Å². The zero-order valence-electron chi connectivity index (χ0n) is 10.4. The van der Waals surface area contributed by atoms with Gasteiger partial charge in [0, 0.05) is 12.2 Å². The Morgan fingerprint density at radius 3 is 2.39 bits per heavy atom. The Bertz CT molecular complexity index is 445. The molecular formula is C14H16O4. The Labute approximate surface area is 106 Å². The van der Waals surface area contributed by atoms with E-state index in [1.165, 1.54) is 5.56 Å². The standard InChI is InChI=1S/C14H16O4/c1-3-10(2)11-4-6-12(7-5-11)18-14(17)9-8-13(15)16/h4-10H,3H2,1-2H3,(H,15,16). The number of esters is 1. The first-order valence-electron chi connectivity index (χ1n) is 5.75. The maximum Gasteiger partial charge on any atom is 0.336 e. The lowest BCUT2D eigenvalue weighted by Gasteiger charge is -2.09. The first kappa shape index (κ1) is 14.0. The van der Waals surface area contributed by atoms with Crippen LogP contribution in [0, 0.1) is 0 Å². The summed E-state index contributed by atoms with van der Waals surface area (Å²) in [4.78, 5) is 21.4. The van der Waals surface area contributed by atoms with Crippen LogP contribution in [0.1, 0.15) is 31.7 Å². The lowest BCUT2D eigenvalue weighted by Crippen LogP contribution is -2.05. The van der Waals surface area contributed by atoms with E-state index in [4.69, 9.17) is 9.84 Å². The van der Waals surface area contributed by atoms with Gasteiger partial charge in [-0.2, -0.15) is 0 Å². The van der Waals surface area contributed by atoms with E-state index in [9.17, 15) is 9.59 Å². The molecule has 0 aromatic heterocycles. The van der Waals surface area contributed by atoms with E-state index < -0.39 is 11.9 Å². The average molecular weight is 248 g/mol. The largest absolute Gasteiger partial charge is 0.478 e. The van der Waals surface area contributed by atoms with Crippen molar-refractivity contribution in [3.8, 4) is 5.75 Å². The number of carbonyl (C=O) groups excluding carboxylic acids is 1. The highest BCUT2D eigenvalue weighted by Gasteiger charge is 2.04. The molecule has 0 aliphatic heterocycles. The van der Waals surface area contributed by atoms with E-state index in [2.05, 4.69) is 13.8 Å². The summed E-state index contributed by atoms with van der Waals surface area (Å²) in [7, 11) is 0. The van der Waals surface area contributed by atoms with Crippen molar-refractivity contribution in [1.82, 2.24) is 0 Å². The molecular weight excluding hydrogens is 232 g/mol. The van der Waals surface area contributed by atoms with E-state index in [0.29, 0.717) is 11.7 Å². The third-order valence-electron chi connectivity index (χ3n) is 2.64. The van der Waals surface area contributed by atoms with E-state index in [-0.39, 0.29) is 0 Å². The average Bonchev–Trinajstić information content (AvgIpc) is 2.36. The summed E-state index contributed by atoms with van der Waals surface area (Å²) in [5.74, 6) is -1.02. The van der Waals surface area contributed by atoms with Crippen LogP contribution in [0.5, 0.6) is 5.75 Å². The van der Waals surface area contributed by atoms with Crippen molar-refractivity contribution in [3.05, 3.63) is 42.0 Å². The molecule has 0 aliphatic carbocycles. The normalized spacial score (nSPS) is 12.3. The maximum atomic E-state index is 11.2. The molecule has 1 N–H and O–H groups in total. The van der Waals surface area contributed by atoms with Crippen molar-refractivity contribution in [2.45, 2.75) is 26.2 Å². The molecule has 0 amide bonds. The molecule has 0 saturated carbocycles. The van der Waals surface area contributed by atoms with E-state index in [1.54, 1.807) is 12.1 Å². The SMILES string of the molecule is CCC(C)c1ccc(OC(=O)C=CC(=O)O)cc1. The van der Waals surface area contributed by atoms with Crippen molar-refractivity contribution in [2.24, 2.45) is 0 Å². The number of benzene rings is 1. The van der Waals surface area contributed by atoms with Crippen LogP contribution in [0.25, 0.3) is 0 Å². The summed E-state index contributed by atoms with van der Waals surface area (Å²) in [6.07, 6.45) is 2.67. The van der Waals surface area contributed by atoms with Crippen molar-refractivity contribution in [3.63, 3.8) is 0 Å². The summed E-state index contributed by atoms with van der Waals surface area (Å²) in [6, 6.07) is 7.21. The Morgan fingerprint density at radius 2 is 1.89 bits per heavy atom. The van der Waals surface area contributed by atoms with Gasteiger partial charge >= 0.3 is 11.9 Å². The number of aliphatic carboxylic acids is 1. The predicted octanol–water partition coefficient (Wildman–Crippen LogP) is 2.75. The van der Waals surface area contributed by atoms with Crippen LogP contribution in [0.2, 0.25) is 0 Å². The first-order valence-corrected chi connectivity index (χ1v) is 5.75. The third kappa shape index (κ3) is 4.41. The smallest absolute Gasteiger partial charge is 0.336 e. The van der Waals surface area contributed by atoms with Crippen LogP contribution >= 0.6 is 0 Å². The number of rotatable bonds is 5. The van der Waals surface area contributed by atoms with Gasteiger partial charge in [0.1, 0.15) is 5.75 Å². The lowest BCUT2D eigenvalue weighted by molar-refractivity contribution is -0.133. The molecule has 0 radical (unpaired) electrons. The molecule has 4 nitrogen and oxygen atoms in total. The van der Waals surface area contributed by atoms with Gasteiger partial charge in [-0.25, -0.2) is 9.59 Å². The van der Waals surface area contributed by atoms with E-state index >= 15 is 0 Å². The Morgan fingerprint density at radius 1 is 1.28 bits per heavy atom. The number of ether oxygens (including phenoxy) is 1. The van der Waals surface area contributed by atoms with Crippen molar-refractivity contribution < 1.29 is 19.4 Å². The molecule has 0 saturated heterocycles. The third-order valence-corrected chi connectivity index (χ3v) is 2.64. The number of carboxylic acids is 1. The number of carbonyl (C=O) groups is 2. The summed E-state index contributed by atoms with van der Waals surface area (Å²) in [5.41, 5.74) is 1.18. The van der Waals surface area contributed by atoms with Gasteiger partial charge in [-0.05, 0) is 30.0 Å². The van der Waals surface area contributed by atoms with Gasteiger partial charge in [-0.1, -0.05) is 26.0 Å². The van der Waals surface area contributed by atoms with Crippen LogP contribution in [0.15, 0.2) is 36.4 Å². The summed E-state index contributed by atoms with van der Waals surface area (Å²) >= 11 is 0. The highest BCUT2D eigenvalue weighted by Crippen LogP contribution is 2.21. The second kappa shape index (κ2) is 6.59. The number of carboxylic acid groups (broad SMARTS) is 1. The first-order chi connectivity index (χ1) is 8.52. The lowest BCUT2D eigenvalue weighted by atomic mass is 9.99. The molecule has 0 fully saturated rings. The molecule has 0 bridgehead atoms. The van der Waals surface area contributed by atoms with Gasteiger partial charge in [0.25, 0.3) is 0 Å². The second-order valence-corrected chi connectivity index (χ2v) is 3.97. The van der Waals surface area contributed by atoms with Crippen LogP contribution in [-0.2, 0) is 9.59 Å². The molecule has 1 aromatic rings. The Balaban J connectivity index is 2.64. The second-order valence-electron chi connectivity index (χ2n) is 3.97. The topological polar surface area (TPSA) is 63.6 Å². The van der Waals surface area contributed by atoms with Gasteiger partial charge in [0.15, 0.2) is 0 Å². The zero-order chi connectivity index (χ0) is 13.5. The van der Waals surface area contributed by atoms with Gasteiger partial charge < -0.3 is 9.84 Å². The van der Waals surface area contributed by atoms with Crippen molar-refractivity contribution in [2.75, 3.05) is 0 Å². The summed E-state index contributed by atoms with van der Waals surface area (Å²) < 4.78 is 4.94. The molecule has 1 atom stereocenters. The Kier molecular flexibility index (Phi) is 5.11. The molecule has 0 aliphatic rings. The van der Waals surface area contributed by atoms with Crippen LogP contribution in [-0.4, -0.2) is 17.0 Å². The quantitative estimate of drug-likeness (QED) is 0.494. The summed E-state index contributed by atoms with van der Waals surface area (Å²) in [6.45, 7) is 4.23. The van der Waals surface area contributed by atoms with Crippen molar-refractivity contribution in [1.29, 1.82) is 0 Å². The maximum absolute atomic E-state index is 11.2. The highest BCUT2D eigenvalue weighted by molar-refractivity contribution is 5.91. The Hall–Kier alpha value is -2.10. The molecule has 1 unspecified atom stereocenters. The molecule has 1 aromatic carbocycles. The fourth-order valence-corrected chi connectivity index (χ4v) is 1.39. The molecule has 0 heterocycles. The minimum Gasteiger partial charge on any atom is -0.478 e. The monoisotopic (exact) mass is 248 g/mol. The van der Waals surface area contributed by atoms with Gasteiger partial charge in [-0.3, -0.25) is 0 Å². The zero-order valence-corrected chi connectivity index (χ0v) is 10.4. The fraction of sp³-hybridized carbons (Fsp3) is 0.286. The number of hydrogen-bond donors (Lipinski definition) is 1. The van der Waals surface area contributed by atoms with Gasteiger partial charge in [0.2, 0.25) is 0 Å². The number of hydrogen-bond acceptors (Lipinski definition) is 3. The van der Waals surface area contributed by atoms with Crippen LogP contribution in [0.3, 0.4) is 0 Å². The molecule has 4 heteroatoms. The fourth-order valence-electron chi connectivity index (χ4n) is 1.39. The van der Waals surface area contributed by atoms with E-state index in [1.807, 2.05) is 12.1 Å². The van der Waals surface area contributed by atoms with Gasteiger partial charge in [-0.15, -0.1) is 0 Å². The molecule has 96 valence electrons. The van der Waals surface area contributed by atoms with Crippen LogP contribution < -0.4 is 4.74 Å². The molecule has 18 heavy (non-hydrogen) atoms. The minimum absolute atomic E-state index is 0.405. The molecule has 1 rings (SSSR count). The predicted molar refractivity (Wildman–Crippen MR) is 67.6 cm³/mol.